The van der Waals surface area contributed by atoms with Crippen molar-refractivity contribution in [3.05, 3.63) is 0 Å². The zero-order chi connectivity index (χ0) is 11.5. The van der Waals surface area contributed by atoms with Crippen LogP contribution in [-0.4, -0.2) is 47.6 Å². The van der Waals surface area contributed by atoms with Gasteiger partial charge in [-0.05, 0) is 12.2 Å². The first kappa shape index (κ1) is 14.3. The van der Waals surface area contributed by atoms with E-state index in [0.717, 1.165) is 17.9 Å². The molecule has 0 bridgehead atoms. The van der Waals surface area contributed by atoms with Gasteiger partial charge in [0.15, 0.2) is 0 Å². The molecule has 0 atom stereocenters. The summed E-state index contributed by atoms with van der Waals surface area (Å²) in [6.45, 7) is 0.722. The molecule has 0 rings (SSSR count). The maximum absolute atomic E-state index is 11.4. The SMILES string of the molecule is CN(CCC#N)C(=O)CCSCCCO. The molecule has 0 aliphatic rings. The van der Waals surface area contributed by atoms with Crippen LogP contribution in [0.5, 0.6) is 0 Å². The number of nitrogens with zero attached hydrogens (tertiary/aromatic N) is 2. The summed E-state index contributed by atoms with van der Waals surface area (Å²) in [5.41, 5.74) is 0. The molecule has 0 aromatic heterocycles. The van der Waals surface area contributed by atoms with Crippen LogP contribution in [0, 0.1) is 11.3 Å². The van der Waals surface area contributed by atoms with Crippen LogP contribution in [0.2, 0.25) is 0 Å². The first-order valence-electron chi connectivity index (χ1n) is 5.02. The Kier molecular flexibility index (Phi) is 9.33. The molecule has 1 amide bonds. The first-order chi connectivity index (χ1) is 7.22. The summed E-state index contributed by atoms with van der Waals surface area (Å²) in [6, 6.07) is 2.01. The summed E-state index contributed by atoms with van der Waals surface area (Å²) in [7, 11) is 1.72. The molecule has 0 saturated heterocycles. The van der Waals surface area contributed by atoms with Gasteiger partial charge in [-0.25, -0.2) is 0 Å². The van der Waals surface area contributed by atoms with Crippen molar-refractivity contribution in [2.24, 2.45) is 0 Å². The Labute approximate surface area is 95.3 Å². The third kappa shape index (κ3) is 8.28. The third-order valence-electron chi connectivity index (χ3n) is 1.89. The number of hydrogen-bond acceptors (Lipinski definition) is 4. The Morgan fingerprint density at radius 1 is 1.53 bits per heavy atom. The number of amides is 1. The van der Waals surface area contributed by atoms with Crippen molar-refractivity contribution in [3.8, 4) is 6.07 Å². The Morgan fingerprint density at radius 3 is 2.87 bits per heavy atom. The molecule has 0 unspecified atom stereocenters. The molecule has 0 heterocycles. The van der Waals surface area contributed by atoms with Crippen molar-refractivity contribution in [2.75, 3.05) is 31.7 Å². The highest BCUT2D eigenvalue weighted by Gasteiger charge is 2.07. The van der Waals surface area contributed by atoms with E-state index in [1.807, 2.05) is 6.07 Å². The van der Waals surface area contributed by atoms with Crippen LogP contribution < -0.4 is 0 Å². The molecule has 0 aromatic rings. The normalized spacial score (nSPS) is 9.67. The minimum atomic E-state index is 0.0850. The second-order valence-corrected chi connectivity index (χ2v) is 4.39. The molecule has 5 heteroatoms. The van der Waals surface area contributed by atoms with Crippen LogP contribution in [0.4, 0.5) is 0 Å². The Hall–Kier alpha value is -0.730. The van der Waals surface area contributed by atoms with E-state index in [0.29, 0.717) is 19.4 Å². The largest absolute Gasteiger partial charge is 0.396 e. The van der Waals surface area contributed by atoms with Crippen LogP contribution >= 0.6 is 11.8 Å². The summed E-state index contributed by atoms with van der Waals surface area (Å²) in [5.74, 6) is 1.77. The number of carbonyl (C=O) groups excluding carboxylic acids is 1. The lowest BCUT2D eigenvalue weighted by Crippen LogP contribution is -2.27. The van der Waals surface area contributed by atoms with Gasteiger partial charge in [-0.15, -0.1) is 0 Å². The smallest absolute Gasteiger partial charge is 0.223 e. The number of aliphatic hydroxyl groups is 1. The van der Waals surface area contributed by atoms with Gasteiger partial charge in [0.25, 0.3) is 0 Å². The van der Waals surface area contributed by atoms with Crippen molar-refractivity contribution in [1.82, 2.24) is 4.90 Å². The summed E-state index contributed by atoms with van der Waals surface area (Å²) in [4.78, 5) is 13.0. The van der Waals surface area contributed by atoms with Crippen molar-refractivity contribution >= 4 is 17.7 Å². The van der Waals surface area contributed by atoms with E-state index in [-0.39, 0.29) is 12.5 Å². The lowest BCUT2D eigenvalue weighted by atomic mass is 10.3. The van der Waals surface area contributed by atoms with Gasteiger partial charge in [-0.1, -0.05) is 0 Å². The lowest BCUT2D eigenvalue weighted by Gasteiger charge is -2.14. The molecule has 0 fully saturated rings. The second kappa shape index (κ2) is 9.81. The average Bonchev–Trinajstić information content (AvgIpc) is 2.25. The van der Waals surface area contributed by atoms with Crippen molar-refractivity contribution in [1.29, 1.82) is 5.26 Å². The fraction of sp³-hybridized carbons (Fsp3) is 0.800. The quantitative estimate of drug-likeness (QED) is 0.628. The molecule has 0 aliphatic heterocycles. The average molecular weight is 230 g/mol. The second-order valence-electron chi connectivity index (χ2n) is 3.16. The van der Waals surface area contributed by atoms with Gasteiger partial charge in [-0.3, -0.25) is 4.79 Å². The highest BCUT2D eigenvalue weighted by molar-refractivity contribution is 7.99. The lowest BCUT2D eigenvalue weighted by molar-refractivity contribution is -0.129. The summed E-state index contributed by atoms with van der Waals surface area (Å²) < 4.78 is 0. The number of carbonyl (C=O) groups is 1. The predicted octanol–water partition coefficient (Wildman–Crippen LogP) is 0.864. The molecule has 0 aliphatic carbocycles. The molecule has 0 aromatic carbocycles. The molecule has 15 heavy (non-hydrogen) atoms. The number of nitriles is 1. The first-order valence-corrected chi connectivity index (χ1v) is 6.17. The van der Waals surface area contributed by atoms with Crippen molar-refractivity contribution in [2.45, 2.75) is 19.3 Å². The van der Waals surface area contributed by atoms with Crippen LogP contribution in [-0.2, 0) is 4.79 Å². The van der Waals surface area contributed by atoms with E-state index in [9.17, 15) is 4.79 Å². The van der Waals surface area contributed by atoms with Crippen molar-refractivity contribution < 1.29 is 9.90 Å². The fourth-order valence-electron chi connectivity index (χ4n) is 0.961. The number of thioether (sulfide) groups is 1. The summed E-state index contributed by atoms with van der Waals surface area (Å²) in [5, 5.41) is 16.9. The zero-order valence-electron chi connectivity index (χ0n) is 9.11. The predicted molar refractivity (Wildman–Crippen MR) is 61.5 cm³/mol. The van der Waals surface area contributed by atoms with Gasteiger partial charge in [0, 0.05) is 32.4 Å². The monoisotopic (exact) mass is 230 g/mol. The van der Waals surface area contributed by atoms with E-state index >= 15 is 0 Å². The fourth-order valence-corrected chi connectivity index (χ4v) is 1.82. The van der Waals surface area contributed by atoms with E-state index in [4.69, 9.17) is 10.4 Å². The van der Waals surface area contributed by atoms with Crippen molar-refractivity contribution in [3.63, 3.8) is 0 Å². The highest BCUT2D eigenvalue weighted by atomic mass is 32.2. The Balaban J connectivity index is 3.43. The molecule has 0 radical (unpaired) electrons. The Morgan fingerprint density at radius 2 is 2.27 bits per heavy atom. The van der Waals surface area contributed by atoms with Crippen LogP contribution in [0.15, 0.2) is 0 Å². The third-order valence-corrected chi connectivity index (χ3v) is 2.96. The minimum Gasteiger partial charge on any atom is -0.396 e. The Bertz CT molecular complexity index is 216. The molecular weight excluding hydrogens is 212 g/mol. The van der Waals surface area contributed by atoms with E-state index in [1.54, 1.807) is 23.7 Å². The number of hydrogen-bond donors (Lipinski definition) is 1. The molecule has 0 saturated carbocycles. The molecule has 1 N–H and O–H groups in total. The summed E-state index contributed by atoms with van der Waals surface area (Å²) in [6.07, 6.45) is 1.68. The van der Waals surface area contributed by atoms with E-state index in [1.165, 1.54) is 0 Å². The zero-order valence-corrected chi connectivity index (χ0v) is 9.92. The minimum absolute atomic E-state index is 0.0850. The van der Waals surface area contributed by atoms with E-state index < -0.39 is 0 Å². The standard InChI is InChI=1S/C10H18N2O2S/c1-12(6-2-5-11)10(14)4-9-15-8-3-7-13/h13H,2-4,6-9H2,1H3. The maximum Gasteiger partial charge on any atom is 0.223 e. The number of aliphatic hydroxyl groups excluding tert-OH is 1. The van der Waals surface area contributed by atoms with Gasteiger partial charge in [0.2, 0.25) is 5.91 Å². The molecule has 86 valence electrons. The molecule has 0 spiro atoms. The van der Waals surface area contributed by atoms with Gasteiger partial charge in [-0.2, -0.15) is 17.0 Å². The highest BCUT2D eigenvalue weighted by Crippen LogP contribution is 2.05. The van der Waals surface area contributed by atoms with Gasteiger partial charge in [0.05, 0.1) is 12.5 Å². The summed E-state index contributed by atoms with van der Waals surface area (Å²) >= 11 is 1.67. The van der Waals surface area contributed by atoms with Gasteiger partial charge < -0.3 is 10.0 Å². The van der Waals surface area contributed by atoms with Gasteiger partial charge in [0.1, 0.15) is 0 Å². The topological polar surface area (TPSA) is 64.3 Å². The molecule has 4 nitrogen and oxygen atoms in total. The van der Waals surface area contributed by atoms with Crippen LogP contribution in [0.25, 0.3) is 0 Å². The van der Waals surface area contributed by atoms with E-state index in [2.05, 4.69) is 0 Å². The van der Waals surface area contributed by atoms with Crippen LogP contribution in [0.1, 0.15) is 19.3 Å². The van der Waals surface area contributed by atoms with Crippen LogP contribution in [0.3, 0.4) is 0 Å². The number of rotatable bonds is 8. The maximum atomic E-state index is 11.4. The van der Waals surface area contributed by atoms with Gasteiger partial charge >= 0.3 is 0 Å². The molecular formula is C10H18N2O2S.